The highest BCUT2D eigenvalue weighted by molar-refractivity contribution is 7.07. The zero-order valence-corrected chi connectivity index (χ0v) is 10.2. The quantitative estimate of drug-likeness (QED) is 0.829. The summed E-state index contributed by atoms with van der Waals surface area (Å²) in [6, 6.07) is 2.25. The van der Waals surface area contributed by atoms with Crippen LogP contribution in [0.25, 0.3) is 0 Å². The Kier molecular flexibility index (Phi) is 3.81. The Labute approximate surface area is 96.7 Å². The Morgan fingerprint density at radius 2 is 2.07 bits per heavy atom. The van der Waals surface area contributed by atoms with Gasteiger partial charge in [-0.25, -0.2) is 0 Å². The summed E-state index contributed by atoms with van der Waals surface area (Å²) in [5.41, 5.74) is 7.95. The summed E-state index contributed by atoms with van der Waals surface area (Å²) in [7, 11) is 0. The van der Waals surface area contributed by atoms with Gasteiger partial charge in [-0.15, -0.1) is 0 Å². The average Bonchev–Trinajstić information content (AvgIpc) is 2.81. The normalized spacial score (nSPS) is 20.3. The monoisotopic (exact) mass is 223 g/mol. The summed E-state index contributed by atoms with van der Waals surface area (Å²) in [5, 5.41) is 4.44. The van der Waals surface area contributed by atoms with Gasteiger partial charge in [-0.05, 0) is 60.0 Å². The molecular formula is C13H21NS. The van der Waals surface area contributed by atoms with Crippen molar-refractivity contribution in [2.24, 2.45) is 11.1 Å². The van der Waals surface area contributed by atoms with Crippen LogP contribution in [0.3, 0.4) is 0 Å². The minimum absolute atomic E-state index is 0.472. The van der Waals surface area contributed by atoms with Crippen LogP contribution in [0.5, 0.6) is 0 Å². The van der Waals surface area contributed by atoms with E-state index >= 15 is 0 Å². The van der Waals surface area contributed by atoms with Crippen molar-refractivity contribution in [3.63, 3.8) is 0 Å². The second-order valence-electron chi connectivity index (χ2n) is 4.90. The summed E-state index contributed by atoms with van der Waals surface area (Å²) in [4.78, 5) is 0. The second kappa shape index (κ2) is 5.13. The van der Waals surface area contributed by atoms with Crippen LogP contribution >= 0.6 is 11.3 Å². The molecule has 1 aliphatic carbocycles. The molecule has 0 aliphatic heterocycles. The molecule has 0 unspecified atom stereocenters. The number of hydrogen-bond donors (Lipinski definition) is 1. The van der Waals surface area contributed by atoms with E-state index < -0.39 is 0 Å². The fraction of sp³-hybridized carbons (Fsp3) is 0.692. The molecule has 1 aliphatic rings. The molecule has 0 atom stereocenters. The van der Waals surface area contributed by atoms with Gasteiger partial charge in [0.25, 0.3) is 0 Å². The van der Waals surface area contributed by atoms with E-state index in [1.807, 2.05) is 0 Å². The van der Waals surface area contributed by atoms with Gasteiger partial charge in [0.05, 0.1) is 0 Å². The number of rotatable bonds is 4. The van der Waals surface area contributed by atoms with Gasteiger partial charge in [0.15, 0.2) is 0 Å². The Balaban J connectivity index is 1.89. The summed E-state index contributed by atoms with van der Waals surface area (Å²) in [5.74, 6) is 0. The molecule has 1 aromatic heterocycles. The highest BCUT2D eigenvalue weighted by Crippen LogP contribution is 2.39. The lowest BCUT2D eigenvalue weighted by Crippen LogP contribution is -2.33. The molecule has 0 spiro atoms. The van der Waals surface area contributed by atoms with Crippen LogP contribution in [0.2, 0.25) is 0 Å². The van der Waals surface area contributed by atoms with Gasteiger partial charge in [0.2, 0.25) is 0 Å². The van der Waals surface area contributed by atoms with Gasteiger partial charge in [-0.3, -0.25) is 0 Å². The van der Waals surface area contributed by atoms with E-state index in [0.717, 1.165) is 6.54 Å². The van der Waals surface area contributed by atoms with E-state index in [-0.39, 0.29) is 0 Å². The topological polar surface area (TPSA) is 26.0 Å². The minimum atomic E-state index is 0.472. The van der Waals surface area contributed by atoms with Crippen LogP contribution in [-0.4, -0.2) is 6.54 Å². The average molecular weight is 223 g/mol. The molecule has 84 valence electrons. The molecule has 0 bridgehead atoms. The molecule has 1 aromatic rings. The van der Waals surface area contributed by atoms with Gasteiger partial charge in [-0.1, -0.05) is 19.3 Å². The van der Waals surface area contributed by atoms with E-state index in [4.69, 9.17) is 5.73 Å². The lowest BCUT2D eigenvalue weighted by atomic mass is 9.71. The third kappa shape index (κ3) is 2.82. The molecule has 1 saturated carbocycles. The predicted octanol–water partition coefficient (Wildman–Crippen LogP) is 3.59. The van der Waals surface area contributed by atoms with Gasteiger partial charge in [-0.2, -0.15) is 11.3 Å². The molecule has 1 fully saturated rings. The zero-order chi connectivity index (χ0) is 10.6. The maximum Gasteiger partial charge on any atom is -0.00204 e. The summed E-state index contributed by atoms with van der Waals surface area (Å²) in [6.07, 6.45) is 9.42. The van der Waals surface area contributed by atoms with Crippen molar-refractivity contribution in [1.82, 2.24) is 0 Å². The summed E-state index contributed by atoms with van der Waals surface area (Å²) < 4.78 is 0. The first-order valence-electron chi connectivity index (χ1n) is 6.06. The van der Waals surface area contributed by atoms with Crippen molar-refractivity contribution in [1.29, 1.82) is 0 Å². The minimum Gasteiger partial charge on any atom is -0.330 e. The number of nitrogens with two attached hydrogens (primary N) is 1. The highest BCUT2D eigenvalue weighted by atomic mass is 32.1. The maximum absolute atomic E-state index is 5.98. The third-order valence-corrected chi connectivity index (χ3v) is 4.60. The van der Waals surface area contributed by atoms with E-state index in [1.165, 1.54) is 50.5 Å². The summed E-state index contributed by atoms with van der Waals surface area (Å²) in [6.45, 7) is 0.886. The first-order valence-corrected chi connectivity index (χ1v) is 7.00. The van der Waals surface area contributed by atoms with Crippen LogP contribution in [0.15, 0.2) is 16.8 Å². The van der Waals surface area contributed by atoms with Crippen LogP contribution in [0.4, 0.5) is 0 Å². The predicted molar refractivity (Wildman–Crippen MR) is 67.2 cm³/mol. The number of hydrogen-bond acceptors (Lipinski definition) is 2. The smallest absolute Gasteiger partial charge is 0.00204 e. The second-order valence-corrected chi connectivity index (χ2v) is 5.68. The number of thiophene rings is 1. The molecule has 0 saturated heterocycles. The van der Waals surface area contributed by atoms with E-state index in [1.54, 1.807) is 11.3 Å². The van der Waals surface area contributed by atoms with Crippen LogP contribution in [-0.2, 0) is 6.42 Å². The molecule has 2 heteroatoms. The summed E-state index contributed by atoms with van der Waals surface area (Å²) >= 11 is 1.80. The molecule has 0 aromatic carbocycles. The van der Waals surface area contributed by atoms with Crippen LogP contribution < -0.4 is 5.73 Å². The first-order chi connectivity index (χ1) is 7.35. The molecule has 0 amide bonds. The molecular weight excluding hydrogens is 202 g/mol. The van der Waals surface area contributed by atoms with Crippen LogP contribution in [0.1, 0.15) is 44.1 Å². The van der Waals surface area contributed by atoms with E-state index in [0.29, 0.717) is 5.41 Å². The number of aryl methyl sites for hydroxylation is 1. The SMILES string of the molecule is NCC1(CCc2ccsc2)CCCCC1. The molecule has 15 heavy (non-hydrogen) atoms. The standard InChI is InChI=1S/C13H21NS/c14-11-13(6-2-1-3-7-13)8-4-12-5-9-15-10-12/h5,9-10H,1-4,6-8,11,14H2. The lowest BCUT2D eigenvalue weighted by Gasteiger charge is -2.36. The van der Waals surface area contributed by atoms with Crippen molar-refractivity contribution >= 4 is 11.3 Å². The van der Waals surface area contributed by atoms with E-state index in [2.05, 4.69) is 16.8 Å². The van der Waals surface area contributed by atoms with E-state index in [9.17, 15) is 0 Å². The fourth-order valence-corrected chi connectivity index (χ4v) is 3.41. The maximum atomic E-state index is 5.98. The molecule has 1 nitrogen and oxygen atoms in total. The highest BCUT2D eigenvalue weighted by Gasteiger charge is 2.29. The molecule has 0 radical (unpaired) electrons. The van der Waals surface area contributed by atoms with Crippen molar-refractivity contribution in [2.75, 3.05) is 6.54 Å². The van der Waals surface area contributed by atoms with Gasteiger partial charge in [0, 0.05) is 0 Å². The fourth-order valence-electron chi connectivity index (χ4n) is 2.70. The third-order valence-electron chi connectivity index (χ3n) is 3.87. The van der Waals surface area contributed by atoms with Crippen molar-refractivity contribution in [3.05, 3.63) is 22.4 Å². The first kappa shape index (κ1) is 11.2. The lowest BCUT2D eigenvalue weighted by molar-refractivity contribution is 0.183. The Morgan fingerprint density at radius 1 is 1.27 bits per heavy atom. The molecule has 2 rings (SSSR count). The Hall–Kier alpha value is -0.340. The van der Waals surface area contributed by atoms with Crippen molar-refractivity contribution < 1.29 is 0 Å². The van der Waals surface area contributed by atoms with Gasteiger partial charge in [0.1, 0.15) is 0 Å². The Morgan fingerprint density at radius 3 is 2.67 bits per heavy atom. The molecule has 2 N–H and O–H groups in total. The zero-order valence-electron chi connectivity index (χ0n) is 9.37. The molecule has 1 heterocycles. The largest absolute Gasteiger partial charge is 0.330 e. The van der Waals surface area contributed by atoms with Crippen molar-refractivity contribution in [2.45, 2.75) is 44.9 Å². The van der Waals surface area contributed by atoms with Crippen molar-refractivity contribution in [3.8, 4) is 0 Å². The Bertz CT molecular complexity index is 273. The van der Waals surface area contributed by atoms with Crippen LogP contribution in [0, 0.1) is 5.41 Å². The van der Waals surface area contributed by atoms with Gasteiger partial charge >= 0.3 is 0 Å². The van der Waals surface area contributed by atoms with Gasteiger partial charge < -0.3 is 5.73 Å².